The largest absolute Gasteiger partial charge is 0.456 e. The number of rotatable bonds is 5. The summed E-state index contributed by atoms with van der Waals surface area (Å²) in [5, 5.41) is 4.74. The molecule has 1 aliphatic rings. The van der Waals surface area contributed by atoms with Crippen LogP contribution in [0.2, 0.25) is 0 Å². The topological polar surface area (TPSA) is 28.9 Å². The molecule has 0 aliphatic carbocycles. The maximum Gasteiger partial charge on any atom is 0.153 e. The highest BCUT2D eigenvalue weighted by Gasteiger charge is 2.28. The molecule has 1 aliphatic heterocycles. The summed E-state index contributed by atoms with van der Waals surface area (Å²) in [6.45, 7) is 0. The molecule has 0 atom stereocenters. The van der Waals surface area contributed by atoms with E-state index < -0.39 is 0 Å². The average Bonchev–Trinajstić information content (AvgIpc) is 3.78. The van der Waals surface area contributed by atoms with Crippen molar-refractivity contribution in [3.63, 3.8) is 0 Å². The van der Waals surface area contributed by atoms with Crippen molar-refractivity contribution in [3.8, 4) is 22.6 Å². The minimum atomic E-state index is 0.775. The van der Waals surface area contributed by atoms with Crippen LogP contribution in [0.3, 0.4) is 0 Å². The molecule has 53 heavy (non-hydrogen) atoms. The number of furan rings is 1. The van der Waals surface area contributed by atoms with Gasteiger partial charge in [0, 0.05) is 60.1 Å². The van der Waals surface area contributed by atoms with Gasteiger partial charge in [0.2, 0.25) is 0 Å². The van der Waals surface area contributed by atoms with Crippen LogP contribution >= 0.6 is 11.3 Å². The lowest BCUT2D eigenvalue weighted by molar-refractivity contribution is 0.477. The zero-order valence-corrected chi connectivity index (χ0v) is 29.3. The summed E-state index contributed by atoms with van der Waals surface area (Å²) in [4.78, 5) is 4.61. The summed E-state index contributed by atoms with van der Waals surface area (Å²) in [7, 11) is 0. The third-order valence-corrected chi connectivity index (χ3v) is 11.4. The second kappa shape index (κ2) is 11.9. The first-order valence-electron chi connectivity index (χ1n) is 17.7. The highest BCUT2D eigenvalue weighted by atomic mass is 32.1. The van der Waals surface area contributed by atoms with Crippen molar-refractivity contribution >= 4 is 87.6 Å². The molecule has 0 fully saturated rings. The molecule has 0 bridgehead atoms. The Balaban J connectivity index is 1.09. The van der Waals surface area contributed by atoms with Gasteiger partial charge in [-0.25, -0.2) is 0 Å². The van der Waals surface area contributed by atoms with Crippen molar-refractivity contribution < 1.29 is 9.15 Å². The third kappa shape index (κ3) is 4.90. The lowest BCUT2D eigenvalue weighted by Gasteiger charge is -2.34. The van der Waals surface area contributed by atoms with Gasteiger partial charge in [0.25, 0.3) is 0 Å². The smallest absolute Gasteiger partial charge is 0.153 e. The number of benzene rings is 8. The lowest BCUT2D eigenvalue weighted by Crippen LogP contribution is -2.17. The predicted octanol–water partition coefficient (Wildman–Crippen LogP) is 14.7. The first kappa shape index (κ1) is 29.9. The van der Waals surface area contributed by atoms with Crippen molar-refractivity contribution in [1.29, 1.82) is 0 Å². The second-order valence-electron chi connectivity index (χ2n) is 13.4. The Bertz CT molecular complexity index is 3020. The van der Waals surface area contributed by atoms with Crippen LogP contribution in [0.25, 0.3) is 53.2 Å². The van der Waals surface area contributed by atoms with E-state index in [4.69, 9.17) is 9.15 Å². The summed E-state index contributed by atoms with van der Waals surface area (Å²) in [6.07, 6.45) is 0. The highest BCUT2D eigenvalue weighted by Crippen LogP contribution is 2.53. The van der Waals surface area contributed by atoms with Gasteiger partial charge in [0.1, 0.15) is 11.2 Å². The van der Waals surface area contributed by atoms with Gasteiger partial charge in [0.05, 0.1) is 17.1 Å². The quantitative estimate of drug-likeness (QED) is 0.179. The molecular weight excluding hydrogens is 669 g/mol. The monoisotopic (exact) mass is 698 g/mol. The van der Waals surface area contributed by atoms with Crippen LogP contribution < -0.4 is 14.5 Å². The Kier molecular flexibility index (Phi) is 6.69. The van der Waals surface area contributed by atoms with Gasteiger partial charge in [-0.3, -0.25) is 0 Å². The molecule has 0 saturated heterocycles. The van der Waals surface area contributed by atoms with E-state index in [0.717, 1.165) is 73.1 Å². The third-order valence-electron chi connectivity index (χ3n) is 10.2. The van der Waals surface area contributed by atoms with Crippen molar-refractivity contribution in [1.82, 2.24) is 0 Å². The molecule has 4 nitrogen and oxygen atoms in total. The van der Waals surface area contributed by atoms with Gasteiger partial charge >= 0.3 is 0 Å². The minimum Gasteiger partial charge on any atom is -0.456 e. The molecule has 0 spiro atoms. The zero-order chi connectivity index (χ0) is 34.9. The van der Waals surface area contributed by atoms with E-state index in [1.807, 2.05) is 35.6 Å². The van der Waals surface area contributed by atoms with Crippen LogP contribution in [0, 0.1) is 0 Å². The summed E-state index contributed by atoms with van der Waals surface area (Å²) in [6, 6.07) is 64.3. The molecule has 3 heterocycles. The van der Waals surface area contributed by atoms with E-state index in [0.29, 0.717) is 0 Å². The van der Waals surface area contributed by atoms with Gasteiger partial charge in [-0.05, 0) is 90.0 Å². The SMILES string of the molecule is c1ccc(-c2cccc(N(c3ccc4c(c3)Oc3ccccc3N4c3ccc4c(c3)oc3ccccc34)c3ccc4sc5ccccc5c4c3)c2)cc1. The van der Waals surface area contributed by atoms with Gasteiger partial charge in [-0.15, -0.1) is 11.3 Å². The molecule has 5 heteroatoms. The van der Waals surface area contributed by atoms with E-state index in [1.165, 1.54) is 25.7 Å². The maximum atomic E-state index is 6.75. The summed E-state index contributed by atoms with van der Waals surface area (Å²) in [5.41, 5.74) is 10.2. The van der Waals surface area contributed by atoms with Gasteiger partial charge < -0.3 is 19.0 Å². The number of fused-ring (bicyclic) bond motifs is 8. The molecule has 10 aromatic rings. The van der Waals surface area contributed by atoms with Crippen LogP contribution in [0.4, 0.5) is 34.1 Å². The van der Waals surface area contributed by atoms with Crippen LogP contribution in [0.15, 0.2) is 186 Å². The van der Waals surface area contributed by atoms with Crippen LogP contribution in [0.5, 0.6) is 11.5 Å². The number of hydrogen-bond donors (Lipinski definition) is 0. The Labute approximate surface area is 310 Å². The molecule has 0 amide bonds. The first-order valence-corrected chi connectivity index (χ1v) is 18.6. The van der Waals surface area contributed by atoms with Crippen molar-refractivity contribution in [2.45, 2.75) is 0 Å². The number of nitrogens with zero attached hydrogens (tertiary/aromatic N) is 2. The number of hydrogen-bond acceptors (Lipinski definition) is 5. The van der Waals surface area contributed by atoms with E-state index in [-0.39, 0.29) is 0 Å². The number of ether oxygens (including phenoxy) is 1. The molecule has 0 saturated carbocycles. The number of thiophene rings is 1. The first-order chi connectivity index (χ1) is 26.2. The summed E-state index contributed by atoms with van der Waals surface area (Å²) in [5.74, 6) is 1.57. The molecular formula is C48H30N2O2S. The van der Waals surface area contributed by atoms with Crippen molar-refractivity contribution in [2.24, 2.45) is 0 Å². The molecule has 2 aromatic heterocycles. The van der Waals surface area contributed by atoms with Crippen LogP contribution in [0.1, 0.15) is 0 Å². The van der Waals surface area contributed by atoms with Gasteiger partial charge in [0.15, 0.2) is 11.5 Å². The van der Waals surface area contributed by atoms with Crippen LogP contribution in [-0.4, -0.2) is 0 Å². The zero-order valence-electron chi connectivity index (χ0n) is 28.4. The van der Waals surface area contributed by atoms with E-state index in [9.17, 15) is 0 Å². The molecule has 0 N–H and O–H groups in total. The molecule has 0 radical (unpaired) electrons. The fourth-order valence-corrected chi connectivity index (χ4v) is 8.86. The van der Waals surface area contributed by atoms with Gasteiger partial charge in [-0.2, -0.15) is 0 Å². The number of para-hydroxylation sites is 3. The second-order valence-corrected chi connectivity index (χ2v) is 14.5. The fraction of sp³-hybridized carbons (Fsp3) is 0. The Morgan fingerprint density at radius 1 is 0.415 bits per heavy atom. The minimum absolute atomic E-state index is 0.775. The molecule has 8 aromatic carbocycles. The van der Waals surface area contributed by atoms with E-state index in [2.05, 4.69) is 168 Å². The molecule has 0 unspecified atom stereocenters. The van der Waals surface area contributed by atoms with E-state index in [1.54, 1.807) is 0 Å². The standard InChI is InChI=1S/C48H30N2O2S/c1-2-11-31(12-3-1)32-13-10-14-33(27-32)49(34-23-26-48-40(28-34)39-16-5-9-20-47(39)53-48)35-22-25-42-46(30-35)52-44-19-8-6-17-41(44)50(42)36-21-24-38-37-15-4-7-18-43(37)51-45(38)29-36/h1-30H. The summed E-state index contributed by atoms with van der Waals surface area (Å²) >= 11 is 1.83. The predicted molar refractivity (Wildman–Crippen MR) is 221 cm³/mol. The number of anilines is 6. The summed E-state index contributed by atoms with van der Waals surface area (Å²) < 4.78 is 15.6. The fourth-order valence-electron chi connectivity index (χ4n) is 7.77. The van der Waals surface area contributed by atoms with Gasteiger partial charge in [-0.1, -0.05) is 91.0 Å². The Hall–Kier alpha value is -6.82. The Morgan fingerprint density at radius 3 is 2.06 bits per heavy atom. The lowest BCUT2D eigenvalue weighted by atomic mass is 10.0. The van der Waals surface area contributed by atoms with Crippen LogP contribution in [-0.2, 0) is 0 Å². The maximum absolute atomic E-state index is 6.75. The highest BCUT2D eigenvalue weighted by molar-refractivity contribution is 7.25. The molecule has 250 valence electrons. The average molecular weight is 699 g/mol. The van der Waals surface area contributed by atoms with E-state index >= 15 is 0 Å². The van der Waals surface area contributed by atoms with Crippen molar-refractivity contribution in [3.05, 3.63) is 182 Å². The molecule has 11 rings (SSSR count). The van der Waals surface area contributed by atoms with Crippen molar-refractivity contribution in [2.75, 3.05) is 9.80 Å². The Morgan fingerprint density at radius 2 is 1.11 bits per heavy atom. The normalized spacial score (nSPS) is 12.3.